The van der Waals surface area contributed by atoms with E-state index >= 15 is 0 Å². The zero-order valence-electron chi connectivity index (χ0n) is 18.8. The van der Waals surface area contributed by atoms with Crippen LogP contribution in [0, 0.1) is 5.82 Å². The second-order valence-electron chi connectivity index (χ2n) is 7.88. The lowest BCUT2D eigenvalue weighted by molar-refractivity contribution is -0.116. The van der Waals surface area contributed by atoms with E-state index in [9.17, 15) is 9.18 Å². The van der Waals surface area contributed by atoms with Crippen LogP contribution in [0.3, 0.4) is 0 Å². The lowest BCUT2D eigenvalue weighted by Gasteiger charge is -2.13. The first kappa shape index (κ1) is 23.5. The van der Waals surface area contributed by atoms with Gasteiger partial charge in [-0.3, -0.25) is 4.79 Å². The number of ether oxygens (including phenoxy) is 1. The summed E-state index contributed by atoms with van der Waals surface area (Å²) in [4.78, 5) is 16.8. The van der Waals surface area contributed by atoms with E-state index in [0.717, 1.165) is 58.2 Å². The third-order valence-electron chi connectivity index (χ3n) is 5.40. The molecule has 0 unspecified atom stereocenters. The Bertz CT molecular complexity index is 1340. The molecule has 0 saturated heterocycles. The van der Waals surface area contributed by atoms with Gasteiger partial charge in [0.05, 0.1) is 23.8 Å². The number of amides is 1. The average Bonchev–Trinajstić information content (AvgIpc) is 2.84. The van der Waals surface area contributed by atoms with Gasteiger partial charge >= 0.3 is 0 Å². The third kappa shape index (κ3) is 6.02. The van der Waals surface area contributed by atoms with Gasteiger partial charge in [-0.15, -0.1) is 0 Å². The van der Waals surface area contributed by atoms with Gasteiger partial charge in [0.2, 0.25) is 5.91 Å². The minimum atomic E-state index is -0.300. The largest absolute Gasteiger partial charge is 0.497 e. The predicted molar refractivity (Wildman–Crippen MR) is 137 cm³/mol. The number of nitrogens with one attached hydrogen (secondary N) is 2. The number of methoxy groups -OCH3 is 1. The van der Waals surface area contributed by atoms with Crippen molar-refractivity contribution in [1.82, 2.24) is 10.3 Å². The second kappa shape index (κ2) is 11.0. The van der Waals surface area contributed by atoms with Crippen LogP contribution in [0.4, 0.5) is 10.1 Å². The van der Waals surface area contributed by atoms with Crippen molar-refractivity contribution in [2.45, 2.75) is 12.8 Å². The molecule has 174 valence electrons. The number of benzene rings is 3. The van der Waals surface area contributed by atoms with Crippen molar-refractivity contribution in [1.29, 1.82) is 0 Å². The standard InChI is InChI=1S/C27H25ClFN3O2/c1-34-23-15-20-14-19-7-8-21(28)16-24(19)32-27(20)25(17-23)30-12-2-3-13-31-26(33)11-6-18-4-9-22(29)10-5-18/h4-11,14-17,30H,2-3,12-13H2,1H3,(H,31,33)/b11-6+. The molecule has 7 heteroatoms. The van der Waals surface area contributed by atoms with Crippen molar-refractivity contribution in [3.8, 4) is 5.75 Å². The summed E-state index contributed by atoms with van der Waals surface area (Å²) in [6.45, 7) is 1.29. The minimum absolute atomic E-state index is 0.175. The maximum atomic E-state index is 12.9. The zero-order valence-corrected chi connectivity index (χ0v) is 19.5. The third-order valence-corrected chi connectivity index (χ3v) is 5.63. The number of halogens is 2. The van der Waals surface area contributed by atoms with Gasteiger partial charge in [0.15, 0.2) is 0 Å². The Kier molecular flexibility index (Phi) is 7.60. The number of carbonyl (C=O) groups is 1. The average molecular weight is 478 g/mol. The van der Waals surface area contributed by atoms with E-state index in [4.69, 9.17) is 21.3 Å². The molecule has 34 heavy (non-hydrogen) atoms. The number of pyridine rings is 1. The molecule has 0 aliphatic heterocycles. The maximum absolute atomic E-state index is 12.9. The van der Waals surface area contributed by atoms with Crippen molar-refractivity contribution in [2.75, 3.05) is 25.5 Å². The van der Waals surface area contributed by atoms with Crippen LogP contribution in [-0.2, 0) is 4.79 Å². The molecular weight excluding hydrogens is 453 g/mol. The number of unbranched alkanes of at least 4 members (excludes halogenated alkanes) is 1. The highest BCUT2D eigenvalue weighted by molar-refractivity contribution is 6.31. The molecule has 2 N–H and O–H groups in total. The number of hydrogen-bond acceptors (Lipinski definition) is 4. The molecule has 1 amide bonds. The fraction of sp³-hybridized carbons (Fsp3) is 0.185. The van der Waals surface area contributed by atoms with E-state index < -0.39 is 0 Å². The van der Waals surface area contributed by atoms with Gasteiger partial charge in [0.25, 0.3) is 0 Å². The van der Waals surface area contributed by atoms with Crippen molar-refractivity contribution in [2.24, 2.45) is 0 Å². The number of aromatic nitrogens is 1. The van der Waals surface area contributed by atoms with Crippen LogP contribution >= 0.6 is 11.6 Å². The minimum Gasteiger partial charge on any atom is -0.497 e. The van der Waals surface area contributed by atoms with Crippen LogP contribution in [0.25, 0.3) is 27.9 Å². The maximum Gasteiger partial charge on any atom is 0.243 e. The van der Waals surface area contributed by atoms with E-state index in [1.807, 2.05) is 30.3 Å². The van der Waals surface area contributed by atoms with Crippen LogP contribution < -0.4 is 15.4 Å². The van der Waals surface area contributed by atoms with Crippen LogP contribution in [0.1, 0.15) is 18.4 Å². The molecule has 0 aliphatic rings. The highest BCUT2D eigenvalue weighted by Crippen LogP contribution is 2.31. The number of carbonyl (C=O) groups excluding carboxylic acids is 1. The summed E-state index contributed by atoms with van der Waals surface area (Å²) in [5.74, 6) is 0.279. The number of nitrogens with zero attached hydrogens (tertiary/aromatic N) is 1. The summed E-state index contributed by atoms with van der Waals surface area (Å²) in [5, 5.41) is 8.96. The summed E-state index contributed by atoms with van der Waals surface area (Å²) in [5.41, 5.74) is 3.36. The highest BCUT2D eigenvalue weighted by Gasteiger charge is 2.09. The first-order valence-corrected chi connectivity index (χ1v) is 11.4. The number of hydrogen-bond donors (Lipinski definition) is 2. The molecule has 0 radical (unpaired) electrons. The lowest BCUT2D eigenvalue weighted by atomic mass is 10.1. The molecule has 0 fully saturated rings. The van der Waals surface area contributed by atoms with E-state index in [1.165, 1.54) is 18.2 Å². The molecule has 5 nitrogen and oxygen atoms in total. The quantitative estimate of drug-likeness (QED) is 0.171. The van der Waals surface area contributed by atoms with Crippen molar-refractivity contribution >= 4 is 51.1 Å². The molecule has 3 aromatic carbocycles. The van der Waals surface area contributed by atoms with Gasteiger partial charge in [-0.05, 0) is 60.9 Å². The zero-order chi connectivity index (χ0) is 23.9. The Balaban J connectivity index is 1.31. The molecular formula is C27H25ClFN3O2. The molecule has 1 aromatic heterocycles. The smallest absolute Gasteiger partial charge is 0.243 e. The van der Waals surface area contributed by atoms with Crippen LogP contribution in [0.2, 0.25) is 5.02 Å². The van der Waals surface area contributed by atoms with Crippen LogP contribution in [-0.4, -0.2) is 31.1 Å². The fourth-order valence-corrected chi connectivity index (χ4v) is 3.80. The SMILES string of the molecule is COc1cc(NCCCCNC(=O)/C=C/c2ccc(F)cc2)c2nc3cc(Cl)ccc3cc2c1. The van der Waals surface area contributed by atoms with E-state index in [1.54, 1.807) is 25.3 Å². The Morgan fingerprint density at radius 3 is 2.62 bits per heavy atom. The topological polar surface area (TPSA) is 63.2 Å². The summed E-state index contributed by atoms with van der Waals surface area (Å²) >= 11 is 6.14. The number of fused-ring (bicyclic) bond motifs is 2. The molecule has 4 aromatic rings. The van der Waals surface area contributed by atoms with Gasteiger partial charge in [-0.25, -0.2) is 9.37 Å². The Hall–Kier alpha value is -3.64. The van der Waals surface area contributed by atoms with E-state index in [0.29, 0.717) is 11.6 Å². The van der Waals surface area contributed by atoms with Gasteiger partial charge < -0.3 is 15.4 Å². The first-order valence-electron chi connectivity index (χ1n) is 11.1. The van der Waals surface area contributed by atoms with Gasteiger partial charge in [-0.2, -0.15) is 0 Å². The molecule has 0 aliphatic carbocycles. The molecule has 0 saturated carbocycles. The lowest BCUT2D eigenvalue weighted by Crippen LogP contribution is -2.22. The monoisotopic (exact) mass is 477 g/mol. The van der Waals surface area contributed by atoms with E-state index in [2.05, 4.69) is 16.7 Å². The van der Waals surface area contributed by atoms with Crippen molar-refractivity contribution in [3.63, 3.8) is 0 Å². The van der Waals surface area contributed by atoms with Crippen molar-refractivity contribution < 1.29 is 13.9 Å². The highest BCUT2D eigenvalue weighted by atomic mass is 35.5. The molecule has 0 bridgehead atoms. The Morgan fingerprint density at radius 1 is 1.03 bits per heavy atom. The normalized spacial score (nSPS) is 11.3. The molecule has 0 spiro atoms. The first-order chi connectivity index (χ1) is 16.5. The molecule has 1 heterocycles. The van der Waals surface area contributed by atoms with Crippen molar-refractivity contribution in [3.05, 3.63) is 83.1 Å². The Morgan fingerprint density at radius 2 is 1.82 bits per heavy atom. The van der Waals surface area contributed by atoms with Crippen LogP contribution in [0.5, 0.6) is 5.75 Å². The predicted octanol–water partition coefficient (Wildman–Crippen LogP) is 6.21. The molecule has 4 rings (SSSR count). The van der Waals surface area contributed by atoms with Gasteiger partial charge in [-0.1, -0.05) is 29.8 Å². The summed E-state index contributed by atoms with van der Waals surface area (Å²) < 4.78 is 18.4. The Labute approximate surface area is 202 Å². The summed E-state index contributed by atoms with van der Waals surface area (Å²) in [6.07, 6.45) is 4.79. The molecule has 0 atom stereocenters. The number of rotatable bonds is 9. The summed E-state index contributed by atoms with van der Waals surface area (Å²) in [6, 6.07) is 17.6. The summed E-state index contributed by atoms with van der Waals surface area (Å²) in [7, 11) is 1.65. The number of anilines is 1. The van der Waals surface area contributed by atoms with Gasteiger partial charge in [0.1, 0.15) is 11.6 Å². The fourth-order valence-electron chi connectivity index (χ4n) is 3.63. The van der Waals surface area contributed by atoms with E-state index in [-0.39, 0.29) is 11.7 Å². The van der Waals surface area contributed by atoms with Crippen LogP contribution in [0.15, 0.2) is 66.7 Å². The second-order valence-corrected chi connectivity index (χ2v) is 8.32. The van der Waals surface area contributed by atoms with Gasteiger partial charge in [0, 0.05) is 41.0 Å².